The Labute approximate surface area is 348 Å². The first-order valence-corrected chi connectivity index (χ1v) is 23.2. The fourth-order valence-electron chi connectivity index (χ4n) is 11.6. The van der Waals surface area contributed by atoms with E-state index < -0.39 is 0 Å². The van der Waals surface area contributed by atoms with Gasteiger partial charge in [0, 0.05) is 46.8 Å². The summed E-state index contributed by atoms with van der Waals surface area (Å²) in [7, 11) is 0. The van der Waals surface area contributed by atoms with E-state index in [0.717, 1.165) is 77.9 Å². The molecule has 0 atom stereocenters. The van der Waals surface area contributed by atoms with Gasteiger partial charge in [-0.3, -0.25) is 19.2 Å². The van der Waals surface area contributed by atoms with Crippen LogP contribution in [-0.2, 0) is 10.8 Å². The van der Waals surface area contributed by atoms with E-state index >= 15 is 0 Å². The molecule has 3 aromatic heterocycles. The number of rotatable bonds is 2. The van der Waals surface area contributed by atoms with E-state index in [1.807, 2.05) is 84.1 Å². The Morgan fingerprint density at radius 2 is 0.898 bits per heavy atom. The number of fused-ring (bicyclic) bond motifs is 14. The molecule has 4 aliphatic carbocycles. The predicted molar refractivity (Wildman–Crippen MR) is 244 cm³/mol. The van der Waals surface area contributed by atoms with Crippen LogP contribution >= 0.6 is 34.0 Å². The Bertz CT molecular complexity index is 3600. The zero-order chi connectivity index (χ0) is 39.4. The van der Waals surface area contributed by atoms with Crippen molar-refractivity contribution in [2.45, 2.75) is 75.0 Å². The summed E-state index contributed by atoms with van der Waals surface area (Å²) in [5.41, 5.74) is 4.29. The molecule has 2 fully saturated rings. The van der Waals surface area contributed by atoms with Gasteiger partial charge in [0.25, 0.3) is 0 Å². The van der Waals surface area contributed by atoms with Crippen molar-refractivity contribution in [1.82, 2.24) is 0 Å². The third kappa shape index (κ3) is 4.50. The maximum atomic E-state index is 13.8. The van der Waals surface area contributed by atoms with Gasteiger partial charge < -0.3 is 0 Å². The molecule has 6 nitrogen and oxygen atoms in total. The first kappa shape index (κ1) is 34.4. The maximum Gasteiger partial charge on any atom is 0.216 e. The van der Waals surface area contributed by atoms with E-state index in [9.17, 15) is 19.2 Å². The lowest BCUT2D eigenvalue weighted by Crippen LogP contribution is -2.31. The van der Waals surface area contributed by atoms with E-state index in [4.69, 9.17) is 9.98 Å². The van der Waals surface area contributed by atoms with Crippen LogP contribution in [0, 0.1) is 0 Å². The lowest BCUT2D eigenvalue weighted by Gasteiger charge is -2.37. The first-order chi connectivity index (χ1) is 28.8. The predicted octanol–water partition coefficient (Wildman–Crippen LogP) is 10.6. The minimum atomic E-state index is -0.302. The fourth-order valence-corrected chi connectivity index (χ4v) is 15.8. The molecule has 0 bridgehead atoms. The second kappa shape index (κ2) is 12.1. The molecule has 0 amide bonds. The van der Waals surface area contributed by atoms with Gasteiger partial charge in [-0.1, -0.05) is 87.1 Å². The van der Waals surface area contributed by atoms with Crippen molar-refractivity contribution in [1.29, 1.82) is 0 Å². The highest BCUT2D eigenvalue weighted by Crippen LogP contribution is 2.73. The quantitative estimate of drug-likeness (QED) is 0.174. The standard InChI is InChI=1S/C50H34N2O4S3/c53-42-29-19-25-11-3-4-12-26(25)20-30(29)43(54)40(42)51-35-23-33-46(58-35)37-38(49(33)15-7-1-8-16-49)48-39(50(37)17-9-2-10-18-50)47-34(57-48)24-36(59-47)52-41-44(55)31-21-27-13-5-6-14-28(27)22-32(31)45(41)56/h3-6,11-14,19-24H,1-2,7-10,15-18H2. The molecule has 3 heterocycles. The largest absolute Gasteiger partial charge is 0.287 e. The highest BCUT2D eigenvalue weighted by Gasteiger charge is 2.59. The third-order valence-corrected chi connectivity index (χ3v) is 17.6. The molecule has 0 radical (unpaired) electrons. The van der Waals surface area contributed by atoms with Gasteiger partial charge in [-0.05, 0) is 106 Å². The molecule has 0 unspecified atom stereocenters. The molecular formula is C50H34N2O4S3. The molecule has 286 valence electrons. The average molecular weight is 823 g/mol. The summed E-state index contributed by atoms with van der Waals surface area (Å²) in [6, 6.07) is 27.3. The van der Waals surface area contributed by atoms with Crippen molar-refractivity contribution in [3.63, 3.8) is 0 Å². The number of thiophene rings is 3. The number of benzene rings is 4. The zero-order valence-corrected chi connectivity index (χ0v) is 34.4. The van der Waals surface area contributed by atoms with Gasteiger partial charge in [0.05, 0.1) is 4.70 Å². The highest BCUT2D eigenvalue weighted by atomic mass is 32.1. The second-order valence-electron chi connectivity index (χ2n) is 17.2. The van der Waals surface area contributed by atoms with E-state index in [2.05, 4.69) is 12.1 Å². The Hall–Kier alpha value is -5.48. The Balaban J connectivity index is 0.990. The Kier molecular flexibility index (Phi) is 7.03. The molecular weight excluding hydrogens is 789 g/mol. The first-order valence-electron chi connectivity index (χ1n) is 20.7. The normalized spacial score (nSPS) is 18.0. The summed E-state index contributed by atoms with van der Waals surface area (Å²) in [5.74, 6) is 0. The van der Waals surface area contributed by atoms with Crippen molar-refractivity contribution in [2.24, 2.45) is 9.98 Å². The van der Waals surface area contributed by atoms with Crippen molar-refractivity contribution < 1.29 is 0 Å². The molecule has 59 heavy (non-hydrogen) atoms. The van der Waals surface area contributed by atoms with Gasteiger partial charge in [0.15, 0.2) is 10.7 Å². The van der Waals surface area contributed by atoms with Gasteiger partial charge >= 0.3 is 0 Å². The molecule has 0 aliphatic heterocycles. The lowest BCUT2D eigenvalue weighted by atomic mass is 9.67. The summed E-state index contributed by atoms with van der Waals surface area (Å²) in [6.07, 6.45) is 11.3. The average Bonchev–Trinajstić information content (AvgIpc) is 4.11. The van der Waals surface area contributed by atoms with E-state index in [1.54, 1.807) is 22.7 Å². The van der Waals surface area contributed by atoms with Gasteiger partial charge in [-0.15, -0.1) is 34.0 Å². The summed E-state index contributed by atoms with van der Waals surface area (Å²) >= 11 is 5.16. The topological polar surface area (TPSA) is 93.0 Å². The van der Waals surface area contributed by atoms with Crippen LogP contribution < -0.4 is 32.4 Å². The van der Waals surface area contributed by atoms with E-state index in [1.165, 1.54) is 54.3 Å². The summed E-state index contributed by atoms with van der Waals surface area (Å²) in [4.78, 5) is 67.6. The number of nitrogens with zero attached hydrogens (tertiary/aromatic N) is 2. The monoisotopic (exact) mass is 822 g/mol. The highest BCUT2D eigenvalue weighted by molar-refractivity contribution is 7.30. The van der Waals surface area contributed by atoms with Gasteiger partial charge in [0.2, 0.25) is 21.7 Å². The number of allylic oxidation sites excluding steroid dienone is 2. The summed E-state index contributed by atoms with van der Waals surface area (Å²) < 4.78 is 2.41. The molecule has 0 N–H and O–H groups in total. The smallest absolute Gasteiger partial charge is 0.216 e. The molecule has 9 heteroatoms. The van der Waals surface area contributed by atoms with Gasteiger partial charge in [0.1, 0.15) is 10.0 Å². The van der Waals surface area contributed by atoms with Crippen LogP contribution in [0.25, 0.3) is 63.6 Å². The van der Waals surface area contributed by atoms with Gasteiger partial charge in [-0.2, -0.15) is 0 Å². The fraction of sp³-hybridized carbons (Fsp3) is 0.240. The lowest BCUT2D eigenvalue weighted by molar-refractivity contribution is 0.373. The maximum absolute atomic E-state index is 13.8. The van der Waals surface area contributed by atoms with Crippen LogP contribution in [0.3, 0.4) is 0 Å². The van der Waals surface area contributed by atoms with Crippen LogP contribution in [0.5, 0.6) is 0 Å². The summed E-state index contributed by atoms with van der Waals surface area (Å²) in [6.45, 7) is 0. The number of hydrogen-bond donors (Lipinski definition) is 0. The Morgan fingerprint density at radius 3 is 1.39 bits per heavy atom. The van der Waals surface area contributed by atoms with Crippen molar-refractivity contribution in [2.75, 3.05) is 0 Å². The minimum absolute atomic E-state index is 0.00276. The molecule has 2 saturated carbocycles. The van der Waals surface area contributed by atoms with Crippen LogP contribution in [0.1, 0.15) is 85.1 Å². The van der Waals surface area contributed by atoms with Crippen LogP contribution in [-0.4, -0.2) is 0 Å². The molecule has 2 spiro atoms. The Morgan fingerprint density at radius 1 is 0.458 bits per heavy atom. The SMILES string of the molecule is O=c1c(=Nc2cc3c(s2)C2=C(c4sc5cc(N=c6c(=O)c7cc8ccccc8cc7c6=O)sc5c4C24CCCCC4)C32CCCCC2)c(=O)c2cc3ccccc3cc12. The number of hydrogen-bond acceptors (Lipinski definition) is 9. The second-order valence-corrected chi connectivity index (χ2v) is 20.3. The molecule has 9 aromatic rings. The van der Waals surface area contributed by atoms with Crippen LogP contribution in [0.2, 0.25) is 0 Å². The van der Waals surface area contributed by atoms with Crippen LogP contribution in [0.15, 0.2) is 114 Å². The van der Waals surface area contributed by atoms with Crippen molar-refractivity contribution in [3.8, 4) is 0 Å². The van der Waals surface area contributed by atoms with Crippen molar-refractivity contribution in [3.05, 3.63) is 157 Å². The minimum Gasteiger partial charge on any atom is -0.287 e. The summed E-state index contributed by atoms with van der Waals surface area (Å²) in [5, 5.41) is 6.95. The van der Waals surface area contributed by atoms with Crippen molar-refractivity contribution >= 4 is 108 Å². The van der Waals surface area contributed by atoms with E-state index in [-0.39, 0.29) is 43.3 Å². The zero-order valence-electron chi connectivity index (χ0n) is 31.9. The molecule has 13 rings (SSSR count). The van der Waals surface area contributed by atoms with Gasteiger partial charge in [-0.25, -0.2) is 9.98 Å². The third-order valence-electron chi connectivity index (χ3n) is 14.2. The molecule has 6 aromatic carbocycles. The van der Waals surface area contributed by atoms with Crippen LogP contribution in [0.4, 0.5) is 10.0 Å². The molecule has 0 saturated heterocycles. The molecule has 4 aliphatic rings. The van der Waals surface area contributed by atoms with E-state index in [0.29, 0.717) is 26.5 Å².